The van der Waals surface area contributed by atoms with E-state index >= 15 is 0 Å². The largest absolute Gasteiger partial charge is 0.367 e. The minimum Gasteiger partial charge on any atom is -0.367 e. The van der Waals surface area contributed by atoms with Gasteiger partial charge < -0.3 is 10.6 Å². The van der Waals surface area contributed by atoms with Crippen molar-refractivity contribution in [1.29, 1.82) is 0 Å². The van der Waals surface area contributed by atoms with Gasteiger partial charge in [0.15, 0.2) is 11.6 Å². The van der Waals surface area contributed by atoms with E-state index in [0.29, 0.717) is 31.2 Å². The van der Waals surface area contributed by atoms with E-state index in [-0.39, 0.29) is 5.82 Å². The fourth-order valence-corrected chi connectivity index (χ4v) is 1.77. The van der Waals surface area contributed by atoms with Crippen LogP contribution in [0.1, 0.15) is 13.3 Å². The van der Waals surface area contributed by atoms with Crippen molar-refractivity contribution in [2.75, 3.05) is 35.7 Å². The minimum atomic E-state index is -0.815. The van der Waals surface area contributed by atoms with Crippen LogP contribution in [0.5, 0.6) is 0 Å². The fourth-order valence-electron chi connectivity index (χ4n) is 1.22. The molecule has 0 saturated heterocycles. The van der Waals surface area contributed by atoms with Crippen LogP contribution in [0.15, 0.2) is 6.20 Å². The maximum absolute atomic E-state index is 13.3. The maximum Gasteiger partial charge on any atom is 0.224 e. The Labute approximate surface area is 103 Å². The van der Waals surface area contributed by atoms with Crippen molar-refractivity contribution in [2.45, 2.75) is 13.3 Å². The third-order valence-corrected chi connectivity index (χ3v) is 2.84. The zero-order valence-corrected chi connectivity index (χ0v) is 10.8. The molecular formula is C10H17FN4OS. The van der Waals surface area contributed by atoms with Crippen molar-refractivity contribution in [2.24, 2.45) is 0 Å². The Bertz CT molecular complexity index is 389. The van der Waals surface area contributed by atoms with Crippen LogP contribution in [-0.2, 0) is 10.8 Å². The van der Waals surface area contributed by atoms with E-state index in [0.717, 1.165) is 6.20 Å². The van der Waals surface area contributed by atoms with E-state index in [9.17, 15) is 8.60 Å². The number of hydrogen-bond acceptors (Lipinski definition) is 5. The van der Waals surface area contributed by atoms with E-state index in [4.69, 9.17) is 0 Å². The summed E-state index contributed by atoms with van der Waals surface area (Å²) in [5.41, 5.74) is 0. The van der Waals surface area contributed by atoms with Crippen molar-refractivity contribution < 1.29 is 8.60 Å². The number of halogens is 1. The topological polar surface area (TPSA) is 66.9 Å². The molecule has 0 saturated carbocycles. The molecule has 0 radical (unpaired) electrons. The van der Waals surface area contributed by atoms with Gasteiger partial charge in [-0.2, -0.15) is 4.98 Å². The Morgan fingerprint density at radius 2 is 2.24 bits per heavy atom. The van der Waals surface area contributed by atoms with Crippen LogP contribution in [0.2, 0.25) is 0 Å². The van der Waals surface area contributed by atoms with Crippen molar-refractivity contribution in [3.05, 3.63) is 12.0 Å². The first kappa shape index (κ1) is 13.8. The molecule has 5 nitrogen and oxygen atoms in total. The summed E-state index contributed by atoms with van der Waals surface area (Å²) in [5, 5.41) is 5.77. The molecular weight excluding hydrogens is 243 g/mol. The summed E-state index contributed by atoms with van der Waals surface area (Å²) in [4.78, 5) is 7.79. The smallest absolute Gasteiger partial charge is 0.224 e. The lowest BCUT2D eigenvalue weighted by Crippen LogP contribution is -2.11. The minimum absolute atomic E-state index is 0.179. The van der Waals surface area contributed by atoms with Crippen LogP contribution in [-0.4, -0.2) is 39.3 Å². The first-order valence-electron chi connectivity index (χ1n) is 5.43. The van der Waals surface area contributed by atoms with Gasteiger partial charge in [0.25, 0.3) is 0 Å². The normalized spacial score (nSPS) is 12.2. The van der Waals surface area contributed by atoms with Gasteiger partial charge in [-0.15, -0.1) is 0 Å². The summed E-state index contributed by atoms with van der Waals surface area (Å²) in [6.07, 6.45) is 3.49. The molecule has 2 N–H and O–H groups in total. The molecule has 1 heterocycles. The van der Waals surface area contributed by atoms with Crippen LogP contribution < -0.4 is 10.6 Å². The van der Waals surface area contributed by atoms with Crippen LogP contribution >= 0.6 is 0 Å². The van der Waals surface area contributed by atoms with Crippen LogP contribution in [0, 0.1) is 5.82 Å². The molecule has 0 spiro atoms. The molecule has 0 bridgehead atoms. The highest BCUT2D eigenvalue weighted by atomic mass is 32.2. The quantitative estimate of drug-likeness (QED) is 0.722. The van der Waals surface area contributed by atoms with Crippen LogP contribution in [0.25, 0.3) is 0 Å². The molecule has 1 aromatic rings. The van der Waals surface area contributed by atoms with Gasteiger partial charge in [0.1, 0.15) is 0 Å². The van der Waals surface area contributed by atoms with Gasteiger partial charge in [-0.25, -0.2) is 9.37 Å². The molecule has 1 atom stereocenters. The van der Waals surface area contributed by atoms with Crippen LogP contribution in [0.3, 0.4) is 0 Å². The summed E-state index contributed by atoms with van der Waals surface area (Å²) in [7, 11) is -0.815. The Kier molecular flexibility index (Phi) is 5.82. The molecule has 96 valence electrons. The van der Waals surface area contributed by atoms with Gasteiger partial charge in [0.2, 0.25) is 5.95 Å². The van der Waals surface area contributed by atoms with Gasteiger partial charge in [-0.3, -0.25) is 4.21 Å². The summed E-state index contributed by atoms with van der Waals surface area (Å²) < 4.78 is 24.2. The Balaban J connectivity index is 2.51. The molecule has 17 heavy (non-hydrogen) atoms. The van der Waals surface area contributed by atoms with Crippen molar-refractivity contribution >= 4 is 22.6 Å². The molecule has 0 aliphatic rings. The zero-order chi connectivity index (χ0) is 12.7. The number of aromatic nitrogens is 2. The predicted octanol–water partition coefficient (Wildman–Crippen LogP) is 1.23. The molecule has 0 aliphatic carbocycles. The zero-order valence-electron chi connectivity index (χ0n) is 9.99. The van der Waals surface area contributed by atoms with Gasteiger partial charge in [0.05, 0.1) is 6.20 Å². The predicted molar refractivity (Wildman–Crippen MR) is 68.2 cm³/mol. The second-order valence-electron chi connectivity index (χ2n) is 3.48. The number of nitrogens with zero attached hydrogens (tertiary/aromatic N) is 2. The average molecular weight is 260 g/mol. The first-order valence-corrected chi connectivity index (χ1v) is 7.16. The molecule has 0 fully saturated rings. The molecule has 7 heteroatoms. The van der Waals surface area contributed by atoms with Crippen LogP contribution in [0.4, 0.5) is 16.2 Å². The number of nitrogens with one attached hydrogen (secondary N) is 2. The van der Waals surface area contributed by atoms with Gasteiger partial charge in [-0.1, -0.05) is 0 Å². The van der Waals surface area contributed by atoms with E-state index in [1.54, 1.807) is 6.26 Å². The molecule has 1 aromatic heterocycles. The van der Waals surface area contributed by atoms with Crippen molar-refractivity contribution in [1.82, 2.24) is 9.97 Å². The molecule has 0 aliphatic heterocycles. The highest BCUT2D eigenvalue weighted by molar-refractivity contribution is 7.84. The summed E-state index contributed by atoms with van der Waals surface area (Å²) in [5.74, 6) is 0.692. The molecule has 1 unspecified atom stereocenters. The highest BCUT2D eigenvalue weighted by Crippen LogP contribution is 2.11. The standard InChI is InChI=1S/C10H17FN4OS/c1-3-12-10-14-7-8(11)9(15-10)13-5-4-6-17(2)16/h7H,3-6H2,1-2H3,(H2,12,13,14,15). The fraction of sp³-hybridized carbons (Fsp3) is 0.600. The van der Waals surface area contributed by atoms with E-state index in [1.807, 2.05) is 6.92 Å². The van der Waals surface area contributed by atoms with E-state index < -0.39 is 16.6 Å². The summed E-state index contributed by atoms with van der Waals surface area (Å²) >= 11 is 0. The number of hydrogen-bond donors (Lipinski definition) is 2. The Hall–Kier alpha value is -1.24. The van der Waals surface area contributed by atoms with Gasteiger partial charge >= 0.3 is 0 Å². The van der Waals surface area contributed by atoms with Gasteiger partial charge in [-0.05, 0) is 13.3 Å². The molecule has 1 rings (SSSR count). The average Bonchev–Trinajstić information content (AvgIpc) is 2.28. The molecule has 0 amide bonds. The van der Waals surface area contributed by atoms with Gasteiger partial charge in [0, 0.05) is 35.9 Å². The summed E-state index contributed by atoms with van der Waals surface area (Å²) in [6, 6.07) is 0. The Morgan fingerprint density at radius 3 is 2.88 bits per heavy atom. The summed E-state index contributed by atoms with van der Waals surface area (Å²) in [6.45, 7) is 3.13. The third-order valence-electron chi connectivity index (χ3n) is 1.98. The maximum atomic E-state index is 13.3. The SMILES string of the molecule is CCNc1ncc(F)c(NCCCS(C)=O)n1. The second kappa shape index (κ2) is 7.16. The lowest BCUT2D eigenvalue weighted by atomic mass is 10.4. The van der Waals surface area contributed by atoms with E-state index in [1.165, 1.54) is 0 Å². The number of anilines is 2. The molecule has 0 aromatic carbocycles. The van der Waals surface area contributed by atoms with Crippen molar-refractivity contribution in [3.63, 3.8) is 0 Å². The highest BCUT2D eigenvalue weighted by Gasteiger charge is 2.05. The van der Waals surface area contributed by atoms with Crippen molar-refractivity contribution in [3.8, 4) is 0 Å². The monoisotopic (exact) mass is 260 g/mol. The third kappa shape index (κ3) is 5.08. The first-order chi connectivity index (χ1) is 8.13. The lowest BCUT2D eigenvalue weighted by Gasteiger charge is -2.07. The number of rotatable bonds is 7. The Morgan fingerprint density at radius 1 is 1.47 bits per heavy atom. The second-order valence-corrected chi connectivity index (χ2v) is 5.03. The van der Waals surface area contributed by atoms with E-state index in [2.05, 4.69) is 20.6 Å². The lowest BCUT2D eigenvalue weighted by molar-refractivity contribution is 0.617.